The summed E-state index contributed by atoms with van der Waals surface area (Å²) in [6, 6.07) is 9.87. The molecule has 3 aromatic carbocycles. The van der Waals surface area contributed by atoms with Gasteiger partial charge in [-0.2, -0.15) is 0 Å². The van der Waals surface area contributed by atoms with Crippen molar-refractivity contribution in [3.63, 3.8) is 0 Å². The topological polar surface area (TPSA) is 80.9 Å². The third kappa shape index (κ3) is 4.15. The molecule has 0 saturated carbocycles. The normalized spacial score (nSPS) is 11.8. The fourth-order valence-electron chi connectivity index (χ4n) is 4.61. The van der Waals surface area contributed by atoms with Crippen LogP contribution in [0, 0.1) is 17.5 Å². The van der Waals surface area contributed by atoms with Crippen molar-refractivity contribution < 1.29 is 37.7 Å². The number of nitrogens with zero attached hydrogens (tertiary/aromatic N) is 1. The Balaban J connectivity index is 2.22. The molecule has 0 spiro atoms. The van der Waals surface area contributed by atoms with E-state index >= 15 is 0 Å². The number of carboxylic acid groups (broad SMARTS) is 1. The first kappa shape index (κ1) is 25.1. The van der Waals surface area contributed by atoms with Crippen molar-refractivity contribution in [1.82, 2.24) is 4.57 Å². The summed E-state index contributed by atoms with van der Waals surface area (Å²) in [5.74, 6) is -4.17. The van der Waals surface area contributed by atoms with E-state index in [0.717, 1.165) is 18.2 Å². The largest absolute Gasteiger partial charge is 0.507 e. The van der Waals surface area contributed by atoms with Gasteiger partial charge in [-0.15, -0.1) is 0 Å². The van der Waals surface area contributed by atoms with E-state index in [4.69, 9.17) is 9.47 Å². The lowest BCUT2D eigenvalue weighted by Crippen LogP contribution is -2.27. The molecule has 1 heterocycles. The molecule has 188 valence electrons. The zero-order valence-corrected chi connectivity index (χ0v) is 20.0. The van der Waals surface area contributed by atoms with Gasteiger partial charge in [0.25, 0.3) is 0 Å². The number of methoxy groups -OCH3 is 2. The fraction of sp³-hybridized carbons (Fsp3) is 0.222. The standard InChI is InChI=1S/C27H24F3NO5/c1-27(2,13-35-3)25-23(14-5-7-17(26(33)34)19(30)9-14)24-20(10-15(28)11-21(24)32)31(25)16-6-8-18(29)22(12-16)36-4/h5-12,32H,13H2,1-4H3,(H,33,34). The molecule has 0 aliphatic carbocycles. The zero-order valence-electron chi connectivity index (χ0n) is 20.0. The van der Waals surface area contributed by atoms with Crippen LogP contribution in [0.2, 0.25) is 0 Å². The Morgan fingerprint density at radius 3 is 2.33 bits per heavy atom. The molecule has 36 heavy (non-hydrogen) atoms. The van der Waals surface area contributed by atoms with Crippen molar-refractivity contribution in [2.75, 3.05) is 20.8 Å². The zero-order chi connectivity index (χ0) is 26.4. The highest BCUT2D eigenvalue weighted by Gasteiger charge is 2.34. The van der Waals surface area contributed by atoms with Gasteiger partial charge in [-0.3, -0.25) is 0 Å². The Morgan fingerprint density at radius 1 is 1.00 bits per heavy atom. The molecule has 1 aromatic heterocycles. The van der Waals surface area contributed by atoms with Gasteiger partial charge in [0, 0.05) is 41.6 Å². The number of carbonyl (C=O) groups is 1. The molecule has 6 nitrogen and oxygen atoms in total. The summed E-state index contributed by atoms with van der Waals surface area (Å²) < 4.78 is 55.9. The van der Waals surface area contributed by atoms with Gasteiger partial charge in [0.15, 0.2) is 11.6 Å². The van der Waals surface area contributed by atoms with E-state index in [1.807, 2.05) is 13.8 Å². The molecule has 4 rings (SSSR count). The second-order valence-corrected chi connectivity index (χ2v) is 9.01. The Hall–Kier alpha value is -3.98. The maximum absolute atomic E-state index is 14.8. The average molecular weight is 499 g/mol. The van der Waals surface area contributed by atoms with E-state index in [1.54, 1.807) is 4.57 Å². The van der Waals surface area contributed by atoms with Gasteiger partial charge in [-0.1, -0.05) is 19.9 Å². The van der Waals surface area contributed by atoms with Crippen LogP contribution in [0.3, 0.4) is 0 Å². The van der Waals surface area contributed by atoms with Gasteiger partial charge in [0.05, 0.1) is 30.2 Å². The van der Waals surface area contributed by atoms with Gasteiger partial charge in [0.2, 0.25) is 0 Å². The Labute approximate surface area is 205 Å². The number of rotatable bonds is 7. The maximum Gasteiger partial charge on any atom is 0.338 e. The minimum atomic E-state index is -1.43. The Bertz CT molecular complexity index is 1490. The van der Waals surface area contributed by atoms with E-state index < -0.39 is 40.1 Å². The highest BCUT2D eigenvalue weighted by Crippen LogP contribution is 2.47. The predicted octanol–water partition coefficient (Wildman–Crippen LogP) is 6.05. The predicted molar refractivity (Wildman–Crippen MR) is 129 cm³/mol. The van der Waals surface area contributed by atoms with Crippen LogP contribution in [0.1, 0.15) is 29.9 Å². The smallest absolute Gasteiger partial charge is 0.338 e. The number of phenols is 1. The fourth-order valence-corrected chi connectivity index (χ4v) is 4.61. The van der Waals surface area contributed by atoms with Crippen LogP contribution in [0.15, 0.2) is 48.5 Å². The molecule has 0 aliphatic rings. The van der Waals surface area contributed by atoms with E-state index in [1.165, 1.54) is 44.6 Å². The lowest BCUT2D eigenvalue weighted by Gasteiger charge is -2.28. The summed E-state index contributed by atoms with van der Waals surface area (Å²) in [4.78, 5) is 11.4. The summed E-state index contributed by atoms with van der Waals surface area (Å²) in [6.45, 7) is 3.87. The number of halogens is 3. The summed E-state index contributed by atoms with van der Waals surface area (Å²) in [5.41, 5.74) is 0.417. The summed E-state index contributed by atoms with van der Waals surface area (Å²) in [5, 5.41) is 20.4. The molecular formula is C27H24F3NO5. The summed E-state index contributed by atoms with van der Waals surface area (Å²) in [6.07, 6.45) is 0. The van der Waals surface area contributed by atoms with Crippen LogP contribution in [0.4, 0.5) is 13.2 Å². The van der Waals surface area contributed by atoms with Crippen molar-refractivity contribution in [3.8, 4) is 28.3 Å². The monoisotopic (exact) mass is 499 g/mol. The first-order valence-electron chi connectivity index (χ1n) is 10.9. The lowest BCUT2D eigenvalue weighted by atomic mass is 9.84. The molecule has 0 radical (unpaired) electrons. The summed E-state index contributed by atoms with van der Waals surface area (Å²) in [7, 11) is 2.82. The van der Waals surface area contributed by atoms with E-state index in [2.05, 4.69) is 0 Å². The molecule has 0 unspecified atom stereocenters. The second kappa shape index (κ2) is 9.23. The van der Waals surface area contributed by atoms with Gasteiger partial charge in [-0.05, 0) is 35.9 Å². The summed E-state index contributed by atoms with van der Waals surface area (Å²) >= 11 is 0. The Morgan fingerprint density at radius 2 is 1.72 bits per heavy atom. The van der Waals surface area contributed by atoms with Crippen LogP contribution in [0.5, 0.6) is 11.5 Å². The highest BCUT2D eigenvalue weighted by molar-refractivity contribution is 6.04. The quantitative estimate of drug-likeness (QED) is 0.324. The molecule has 0 fully saturated rings. The molecule has 0 bridgehead atoms. The third-order valence-electron chi connectivity index (χ3n) is 6.04. The average Bonchev–Trinajstić information content (AvgIpc) is 3.15. The first-order valence-corrected chi connectivity index (χ1v) is 10.9. The van der Waals surface area contributed by atoms with Crippen molar-refractivity contribution in [1.29, 1.82) is 0 Å². The number of carboxylic acids is 1. The van der Waals surface area contributed by atoms with Crippen molar-refractivity contribution in [2.45, 2.75) is 19.3 Å². The molecule has 2 N–H and O–H groups in total. The number of aromatic hydroxyl groups is 1. The van der Waals surface area contributed by atoms with Crippen LogP contribution < -0.4 is 4.74 Å². The van der Waals surface area contributed by atoms with Crippen LogP contribution in [-0.2, 0) is 10.2 Å². The minimum Gasteiger partial charge on any atom is -0.507 e. The lowest BCUT2D eigenvalue weighted by molar-refractivity contribution is 0.0692. The van der Waals surface area contributed by atoms with Crippen LogP contribution in [0.25, 0.3) is 27.7 Å². The maximum atomic E-state index is 14.8. The van der Waals surface area contributed by atoms with E-state index in [9.17, 15) is 28.2 Å². The molecule has 0 aliphatic heterocycles. The van der Waals surface area contributed by atoms with Gasteiger partial charge in [-0.25, -0.2) is 18.0 Å². The number of benzene rings is 3. The molecule has 0 atom stereocenters. The number of aromatic carboxylic acids is 1. The number of hydrogen-bond donors (Lipinski definition) is 2. The minimum absolute atomic E-state index is 0.0520. The van der Waals surface area contributed by atoms with E-state index in [-0.39, 0.29) is 28.8 Å². The number of aromatic nitrogens is 1. The van der Waals surface area contributed by atoms with Crippen LogP contribution >= 0.6 is 0 Å². The number of phenolic OH excluding ortho intramolecular Hbond substituents is 1. The number of fused-ring (bicyclic) bond motifs is 1. The van der Waals surface area contributed by atoms with E-state index in [0.29, 0.717) is 16.9 Å². The molecule has 4 aromatic rings. The second-order valence-electron chi connectivity index (χ2n) is 9.01. The highest BCUT2D eigenvalue weighted by atomic mass is 19.1. The number of hydrogen-bond acceptors (Lipinski definition) is 4. The Kier molecular flexibility index (Phi) is 6.44. The first-order chi connectivity index (χ1) is 17.0. The molecule has 0 saturated heterocycles. The number of ether oxygens (including phenoxy) is 2. The molecule has 0 amide bonds. The third-order valence-corrected chi connectivity index (χ3v) is 6.04. The van der Waals surface area contributed by atoms with Gasteiger partial charge in [0.1, 0.15) is 17.4 Å². The van der Waals surface area contributed by atoms with Crippen molar-refractivity contribution in [2.24, 2.45) is 0 Å². The molecular weight excluding hydrogens is 475 g/mol. The van der Waals surface area contributed by atoms with Crippen LogP contribution in [-0.4, -0.2) is 41.6 Å². The SMILES string of the molecule is COCC(C)(C)c1c(-c2ccc(C(=O)O)c(F)c2)c2c(O)cc(F)cc2n1-c1ccc(F)c(OC)c1. The van der Waals surface area contributed by atoms with Crippen molar-refractivity contribution in [3.05, 3.63) is 77.2 Å². The van der Waals surface area contributed by atoms with Crippen molar-refractivity contribution >= 4 is 16.9 Å². The van der Waals surface area contributed by atoms with Gasteiger partial charge < -0.3 is 24.3 Å². The van der Waals surface area contributed by atoms with Gasteiger partial charge >= 0.3 is 5.97 Å². The molecule has 9 heteroatoms.